The van der Waals surface area contributed by atoms with Crippen LogP contribution in [0.15, 0.2) is 108 Å². The van der Waals surface area contributed by atoms with Gasteiger partial charge in [-0.1, -0.05) is 30.3 Å². The van der Waals surface area contributed by atoms with Crippen molar-refractivity contribution in [1.29, 1.82) is 0 Å². The monoisotopic (exact) mass is 486 g/mol. The number of nitrogens with one attached hydrogen (secondary N) is 2. The number of aromatic nitrogens is 2. The van der Waals surface area contributed by atoms with Crippen LogP contribution in [0.3, 0.4) is 0 Å². The zero-order chi connectivity index (χ0) is 24.3. The van der Waals surface area contributed by atoms with E-state index in [9.17, 15) is 12.8 Å². The summed E-state index contributed by atoms with van der Waals surface area (Å²) in [5.41, 5.74) is 1.75. The number of benzene rings is 4. The lowest BCUT2D eigenvalue weighted by Gasteiger charge is -2.14. The number of rotatable bonds is 7. The Labute approximate surface area is 201 Å². The molecule has 174 valence electrons. The molecule has 4 aromatic carbocycles. The maximum Gasteiger partial charge on any atom is 0.263 e. The third-order valence-electron chi connectivity index (χ3n) is 5.02. The minimum atomic E-state index is -4.03. The topological polar surface area (TPSA) is 93.2 Å². The molecule has 0 unspecified atom stereocenters. The molecule has 0 aliphatic heterocycles. The van der Waals surface area contributed by atoms with Gasteiger partial charge in [0.05, 0.1) is 15.9 Å². The van der Waals surface area contributed by atoms with E-state index < -0.39 is 15.8 Å². The molecule has 7 nitrogen and oxygen atoms in total. The number of para-hydroxylation sites is 3. The summed E-state index contributed by atoms with van der Waals surface area (Å²) in [6, 6.07) is 28.2. The van der Waals surface area contributed by atoms with Crippen molar-refractivity contribution in [3.63, 3.8) is 0 Å². The predicted molar refractivity (Wildman–Crippen MR) is 133 cm³/mol. The van der Waals surface area contributed by atoms with Crippen LogP contribution < -0.4 is 14.8 Å². The highest BCUT2D eigenvalue weighted by Gasteiger charge is 2.19. The Hall–Kier alpha value is -4.50. The average Bonchev–Trinajstić information content (AvgIpc) is 2.86. The molecule has 0 saturated carbocycles. The molecule has 0 atom stereocenters. The zero-order valence-corrected chi connectivity index (χ0v) is 19.0. The maximum absolute atomic E-state index is 13.3. The molecule has 0 spiro atoms. The molecule has 0 aliphatic rings. The van der Waals surface area contributed by atoms with Crippen molar-refractivity contribution in [3.8, 4) is 11.5 Å². The molecule has 0 radical (unpaired) electrons. The molecule has 0 fully saturated rings. The third kappa shape index (κ3) is 5.20. The van der Waals surface area contributed by atoms with E-state index in [-0.39, 0.29) is 16.5 Å². The molecular weight excluding hydrogens is 467 g/mol. The fraction of sp³-hybridized carbons (Fsp3) is 0. The van der Waals surface area contributed by atoms with Crippen LogP contribution in [-0.2, 0) is 10.0 Å². The van der Waals surface area contributed by atoms with E-state index in [2.05, 4.69) is 20.0 Å². The van der Waals surface area contributed by atoms with E-state index in [0.29, 0.717) is 28.2 Å². The fourth-order valence-corrected chi connectivity index (χ4v) is 4.34. The van der Waals surface area contributed by atoms with Crippen molar-refractivity contribution in [2.24, 2.45) is 0 Å². The number of sulfonamides is 1. The molecule has 0 aliphatic carbocycles. The van der Waals surface area contributed by atoms with E-state index in [1.807, 2.05) is 36.4 Å². The first-order chi connectivity index (χ1) is 17.0. The maximum atomic E-state index is 13.3. The van der Waals surface area contributed by atoms with Gasteiger partial charge in [0.15, 0.2) is 11.6 Å². The predicted octanol–water partition coefficient (Wildman–Crippen LogP) is 6.11. The smallest absolute Gasteiger partial charge is 0.263 e. The van der Waals surface area contributed by atoms with Gasteiger partial charge < -0.3 is 10.1 Å². The Morgan fingerprint density at radius 3 is 1.89 bits per heavy atom. The molecule has 9 heteroatoms. The van der Waals surface area contributed by atoms with Gasteiger partial charge in [0.1, 0.15) is 17.3 Å². The standard InChI is InChI=1S/C26H19FN4O3S/c27-18-10-16-22(17-11-18)35(32,33)31-26-25(29-23-8-4-5-9-24(23)30-26)28-19-12-14-21(15-13-19)34-20-6-2-1-3-7-20/h1-17H,(H,28,29)(H,30,31). The normalized spacial score (nSPS) is 11.2. The van der Waals surface area contributed by atoms with E-state index in [1.165, 1.54) is 12.1 Å². The molecule has 0 bridgehead atoms. The molecule has 1 heterocycles. The highest BCUT2D eigenvalue weighted by atomic mass is 32.2. The number of anilines is 3. The second-order valence-electron chi connectivity index (χ2n) is 7.53. The van der Waals surface area contributed by atoms with Crippen LogP contribution >= 0.6 is 0 Å². The van der Waals surface area contributed by atoms with Crippen LogP contribution in [0.25, 0.3) is 11.0 Å². The minimum absolute atomic E-state index is 0.0117. The fourth-order valence-electron chi connectivity index (χ4n) is 3.33. The van der Waals surface area contributed by atoms with Gasteiger partial charge >= 0.3 is 0 Å². The summed E-state index contributed by atoms with van der Waals surface area (Å²) in [6.07, 6.45) is 0. The van der Waals surface area contributed by atoms with E-state index in [1.54, 1.807) is 42.5 Å². The molecule has 0 amide bonds. The molecule has 0 saturated heterocycles. The summed E-state index contributed by atoms with van der Waals surface area (Å²) in [4.78, 5) is 8.92. The largest absolute Gasteiger partial charge is 0.457 e. The number of hydrogen-bond donors (Lipinski definition) is 2. The minimum Gasteiger partial charge on any atom is -0.457 e. The van der Waals surface area contributed by atoms with Crippen molar-refractivity contribution >= 4 is 38.4 Å². The molecule has 5 aromatic rings. The van der Waals surface area contributed by atoms with Gasteiger partial charge in [-0.2, -0.15) is 0 Å². The van der Waals surface area contributed by atoms with E-state index in [0.717, 1.165) is 12.1 Å². The van der Waals surface area contributed by atoms with Crippen molar-refractivity contribution in [2.45, 2.75) is 4.90 Å². The van der Waals surface area contributed by atoms with Gasteiger partial charge in [-0.05, 0) is 72.8 Å². The second-order valence-corrected chi connectivity index (χ2v) is 9.22. The number of ether oxygens (including phenoxy) is 1. The molecular formula is C26H19FN4O3S. The van der Waals surface area contributed by atoms with Crippen molar-refractivity contribution in [3.05, 3.63) is 109 Å². The average molecular weight is 487 g/mol. The van der Waals surface area contributed by atoms with Crippen LogP contribution in [0.1, 0.15) is 0 Å². The highest BCUT2D eigenvalue weighted by Crippen LogP contribution is 2.29. The molecule has 1 aromatic heterocycles. The second kappa shape index (κ2) is 9.40. The highest BCUT2D eigenvalue weighted by molar-refractivity contribution is 7.92. The van der Waals surface area contributed by atoms with Crippen LogP contribution in [0.4, 0.5) is 21.7 Å². The van der Waals surface area contributed by atoms with Gasteiger partial charge in [0.25, 0.3) is 10.0 Å². The Balaban J connectivity index is 1.45. The van der Waals surface area contributed by atoms with Gasteiger partial charge in [-0.3, -0.25) is 4.72 Å². The number of fused-ring (bicyclic) bond motifs is 1. The first kappa shape index (κ1) is 22.3. The van der Waals surface area contributed by atoms with Crippen molar-refractivity contribution in [2.75, 3.05) is 10.0 Å². The first-order valence-electron chi connectivity index (χ1n) is 10.6. The molecule has 35 heavy (non-hydrogen) atoms. The number of hydrogen-bond acceptors (Lipinski definition) is 6. The molecule has 2 N–H and O–H groups in total. The summed E-state index contributed by atoms with van der Waals surface area (Å²) in [5, 5.41) is 3.12. The Morgan fingerprint density at radius 1 is 0.657 bits per heavy atom. The lowest BCUT2D eigenvalue weighted by Crippen LogP contribution is -2.16. The summed E-state index contributed by atoms with van der Waals surface area (Å²) >= 11 is 0. The van der Waals surface area contributed by atoms with Crippen LogP contribution in [0, 0.1) is 5.82 Å². The Bertz CT molecular complexity index is 1580. The van der Waals surface area contributed by atoms with E-state index >= 15 is 0 Å². The van der Waals surface area contributed by atoms with Gasteiger partial charge in [0, 0.05) is 5.69 Å². The lowest BCUT2D eigenvalue weighted by atomic mass is 10.3. The van der Waals surface area contributed by atoms with Gasteiger partial charge in [-0.15, -0.1) is 0 Å². The lowest BCUT2D eigenvalue weighted by molar-refractivity contribution is 0.483. The Morgan fingerprint density at radius 2 is 1.23 bits per heavy atom. The van der Waals surface area contributed by atoms with E-state index in [4.69, 9.17) is 4.74 Å². The summed E-state index contributed by atoms with van der Waals surface area (Å²) < 4.78 is 47.4. The number of halogens is 1. The summed E-state index contributed by atoms with van der Waals surface area (Å²) in [6.45, 7) is 0. The van der Waals surface area contributed by atoms with Crippen molar-refractivity contribution < 1.29 is 17.5 Å². The van der Waals surface area contributed by atoms with Gasteiger partial charge in [-0.25, -0.2) is 22.8 Å². The Kier molecular flexibility index (Phi) is 5.99. The first-order valence-corrected chi connectivity index (χ1v) is 12.1. The number of nitrogens with zero attached hydrogens (tertiary/aromatic N) is 2. The van der Waals surface area contributed by atoms with Crippen LogP contribution in [0.2, 0.25) is 0 Å². The third-order valence-corrected chi connectivity index (χ3v) is 6.38. The zero-order valence-electron chi connectivity index (χ0n) is 18.2. The SMILES string of the molecule is O=S(=O)(Nc1nc2ccccc2nc1Nc1ccc(Oc2ccccc2)cc1)c1ccc(F)cc1. The van der Waals surface area contributed by atoms with Crippen LogP contribution in [0.5, 0.6) is 11.5 Å². The van der Waals surface area contributed by atoms with Crippen molar-refractivity contribution in [1.82, 2.24) is 9.97 Å². The molecule has 5 rings (SSSR count). The summed E-state index contributed by atoms with van der Waals surface area (Å²) in [7, 11) is -4.03. The summed E-state index contributed by atoms with van der Waals surface area (Å²) in [5.74, 6) is 1.05. The van der Waals surface area contributed by atoms with Crippen LogP contribution in [-0.4, -0.2) is 18.4 Å². The quantitative estimate of drug-likeness (QED) is 0.289. The van der Waals surface area contributed by atoms with Gasteiger partial charge in [0.2, 0.25) is 0 Å².